The molecule has 0 bridgehead atoms. The summed E-state index contributed by atoms with van der Waals surface area (Å²) in [6.07, 6.45) is 2.41. The molecule has 1 unspecified atom stereocenters. The second kappa shape index (κ2) is 10.4. The van der Waals surface area contributed by atoms with E-state index in [1.165, 1.54) is 0 Å². The number of carbonyl (C=O) groups is 2. The van der Waals surface area contributed by atoms with Crippen LogP contribution in [0.4, 0.5) is 0 Å². The lowest BCUT2D eigenvalue weighted by Gasteiger charge is -2.24. The van der Waals surface area contributed by atoms with Crippen LogP contribution in [0.3, 0.4) is 0 Å². The number of hydrogen-bond acceptors (Lipinski definition) is 6. The zero-order valence-electron chi connectivity index (χ0n) is 14.5. The third kappa shape index (κ3) is 6.59. The molecule has 0 saturated heterocycles. The number of esters is 1. The van der Waals surface area contributed by atoms with Crippen molar-refractivity contribution >= 4 is 11.9 Å². The molecule has 0 aromatic rings. The minimum absolute atomic E-state index is 0.118. The Bertz CT molecular complexity index is 435. The van der Waals surface area contributed by atoms with E-state index in [0.29, 0.717) is 19.4 Å². The number of carboxylic acid groups (broad SMARTS) is 1. The fourth-order valence-corrected chi connectivity index (χ4v) is 2.96. The highest BCUT2D eigenvalue weighted by Crippen LogP contribution is 2.38. The lowest BCUT2D eigenvalue weighted by Crippen LogP contribution is -2.28. The summed E-state index contributed by atoms with van der Waals surface area (Å²) in [6.45, 7) is 5.96. The first kappa shape index (κ1) is 20.6. The zero-order valence-corrected chi connectivity index (χ0v) is 14.5. The Morgan fingerprint density at radius 2 is 2.04 bits per heavy atom. The Morgan fingerprint density at radius 1 is 1.33 bits per heavy atom. The average molecular weight is 344 g/mol. The molecule has 5 atom stereocenters. The number of hydrogen-bond donors (Lipinski definition) is 2. The minimum atomic E-state index is -0.964. The van der Waals surface area contributed by atoms with Crippen molar-refractivity contribution in [2.24, 2.45) is 11.8 Å². The predicted octanol–water partition coefficient (Wildman–Crippen LogP) is 1.74. The molecule has 138 valence electrons. The third-order valence-corrected chi connectivity index (χ3v) is 4.06. The maximum absolute atomic E-state index is 11.1. The van der Waals surface area contributed by atoms with Crippen molar-refractivity contribution in [1.82, 2.24) is 0 Å². The van der Waals surface area contributed by atoms with E-state index in [9.17, 15) is 14.7 Å². The predicted molar refractivity (Wildman–Crippen MR) is 86.2 cm³/mol. The molecule has 1 fully saturated rings. The van der Waals surface area contributed by atoms with Crippen molar-refractivity contribution in [2.75, 3.05) is 13.2 Å². The van der Waals surface area contributed by atoms with Gasteiger partial charge in [-0.25, -0.2) is 0 Å². The number of rotatable bonds is 10. The maximum Gasteiger partial charge on any atom is 0.305 e. The van der Waals surface area contributed by atoms with Crippen LogP contribution in [0, 0.1) is 11.8 Å². The summed E-state index contributed by atoms with van der Waals surface area (Å²) in [6, 6.07) is 0. The number of aliphatic carboxylic acids is 1. The highest BCUT2D eigenvalue weighted by atomic mass is 16.7. The number of carbonyl (C=O) groups excluding carboxylic acids is 1. The van der Waals surface area contributed by atoms with Gasteiger partial charge in [0.1, 0.15) is 6.61 Å². The molecule has 1 aliphatic rings. The average Bonchev–Trinajstić information content (AvgIpc) is 2.78. The van der Waals surface area contributed by atoms with E-state index in [-0.39, 0.29) is 31.0 Å². The van der Waals surface area contributed by atoms with Crippen molar-refractivity contribution in [2.45, 2.75) is 58.5 Å². The number of carboxylic acids is 1. The summed E-state index contributed by atoms with van der Waals surface area (Å²) >= 11 is 0. The molecule has 2 N–H and O–H groups in total. The van der Waals surface area contributed by atoms with E-state index in [0.717, 1.165) is 0 Å². The Balaban J connectivity index is 2.75. The molecule has 0 radical (unpaired) electrons. The molecule has 0 spiro atoms. The smallest absolute Gasteiger partial charge is 0.305 e. The van der Waals surface area contributed by atoms with Crippen LogP contribution < -0.4 is 0 Å². The molecule has 1 saturated carbocycles. The third-order valence-electron chi connectivity index (χ3n) is 4.06. The van der Waals surface area contributed by atoms with Gasteiger partial charge in [-0.05, 0) is 13.8 Å². The van der Waals surface area contributed by atoms with Crippen LogP contribution in [0.2, 0.25) is 0 Å². The Morgan fingerprint density at radius 3 is 2.62 bits per heavy atom. The molecule has 7 nitrogen and oxygen atoms in total. The van der Waals surface area contributed by atoms with Crippen LogP contribution in [0.1, 0.15) is 40.0 Å². The lowest BCUT2D eigenvalue weighted by molar-refractivity contribution is -0.163. The molecular formula is C17H28O7. The molecule has 24 heavy (non-hydrogen) atoms. The summed E-state index contributed by atoms with van der Waals surface area (Å²) < 4.78 is 16.2. The van der Waals surface area contributed by atoms with Gasteiger partial charge in [-0.2, -0.15) is 0 Å². The molecule has 1 aliphatic carbocycles. The second-order valence-electron chi connectivity index (χ2n) is 5.80. The van der Waals surface area contributed by atoms with Gasteiger partial charge in [0.25, 0.3) is 0 Å². The van der Waals surface area contributed by atoms with E-state index in [1.807, 2.05) is 6.92 Å². The van der Waals surface area contributed by atoms with Gasteiger partial charge in [-0.1, -0.05) is 19.1 Å². The lowest BCUT2D eigenvalue weighted by atomic mass is 9.90. The van der Waals surface area contributed by atoms with Gasteiger partial charge in [-0.3, -0.25) is 9.59 Å². The molecule has 0 amide bonds. The van der Waals surface area contributed by atoms with Gasteiger partial charge in [0, 0.05) is 31.3 Å². The maximum atomic E-state index is 11.1. The van der Waals surface area contributed by atoms with Gasteiger partial charge in [0.15, 0.2) is 6.29 Å². The van der Waals surface area contributed by atoms with Crippen molar-refractivity contribution in [1.29, 1.82) is 0 Å². The largest absolute Gasteiger partial charge is 0.481 e. The SMILES string of the molecule is CCOC(C)O[C@@H]1C[C@H](O)[C@H](CC(=O)O)[C@H]1C=CCOC(=O)CC. The Hall–Kier alpha value is -1.44. The molecule has 0 aromatic heterocycles. The highest BCUT2D eigenvalue weighted by molar-refractivity contribution is 5.69. The van der Waals surface area contributed by atoms with Crippen molar-refractivity contribution in [3.8, 4) is 0 Å². The first-order chi connectivity index (χ1) is 11.4. The number of aliphatic hydroxyl groups is 1. The first-order valence-electron chi connectivity index (χ1n) is 8.38. The molecule has 1 rings (SSSR count). The van der Waals surface area contributed by atoms with E-state index in [4.69, 9.17) is 19.3 Å². The summed E-state index contributed by atoms with van der Waals surface area (Å²) in [7, 11) is 0. The Labute approximate surface area is 142 Å². The molecular weight excluding hydrogens is 316 g/mol. The fourth-order valence-electron chi connectivity index (χ4n) is 2.96. The first-order valence-corrected chi connectivity index (χ1v) is 8.38. The van der Waals surface area contributed by atoms with Crippen molar-refractivity contribution in [3.63, 3.8) is 0 Å². The Kier molecular flexibility index (Phi) is 8.95. The van der Waals surface area contributed by atoms with Gasteiger partial charge >= 0.3 is 11.9 Å². The van der Waals surface area contributed by atoms with E-state index < -0.39 is 24.3 Å². The summed E-state index contributed by atoms with van der Waals surface area (Å²) in [5, 5.41) is 19.3. The zero-order chi connectivity index (χ0) is 18.1. The standard InChI is InChI=1S/C17H28O7/c1-4-17(21)23-8-6-7-12-13(9-16(19)20)14(18)10-15(12)24-11(3)22-5-2/h6-7,11-15,18H,4-5,8-10H2,1-3H3,(H,19,20)/t11?,12-,13-,14+,15-/m1/s1. The minimum Gasteiger partial charge on any atom is -0.481 e. The van der Waals surface area contributed by atoms with Crippen molar-refractivity contribution in [3.05, 3.63) is 12.2 Å². The van der Waals surface area contributed by atoms with E-state index in [2.05, 4.69) is 0 Å². The van der Waals surface area contributed by atoms with Gasteiger partial charge in [-0.15, -0.1) is 0 Å². The molecule has 0 aliphatic heterocycles. The quantitative estimate of drug-likeness (QED) is 0.353. The van der Waals surface area contributed by atoms with Gasteiger partial charge < -0.3 is 24.4 Å². The van der Waals surface area contributed by atoms with Crippen LogP contribution in [0.25, 0.3) is 0 Å². The van der Waals surface area contributed by atoms with Crippen LogP contribution in [-0.4, -0.2) is 53.9 Å². The highest BCUT2D eigenvalue weighted by Gasteiger charge is 2.43. The van der Waals surface area contributed by atoms with Crippen LogP contribution >= 0.6 is 0 Å². The fraction of sp³-hybridized carbons (Fsp3) is 0.765. The summed E-state index contributed by atoms with van der Waals surface area (Å²) in [5.41, 5.74) is 0. The van der Waals surface area contributed by atoms with Gasteiger partial charge in [0.05, 0.1) is 18.6 Å². The van der Waals surface area contributed by atoms with Gasteiger partial charge in [0.2, 0.25) is 0 Å². The number of aliphatic hydroxyl groups excluding tert-OH is 1. The summed E-state index contributed by atoms with van der Waals surface area (Å²) in [4.78, 5) is 22.2. The monoisotopic (exact) mass is 344 g/mol. The van der Waals surface area contributed by atoms with E-state index >= 15 is 0 Å². The topological polar surface area (TPSA) is 102 Å². The normalized spacial score (nSPS) is 28.2. The van der Waals surface area contributed by atoms with Crippen LogP contribution in [-0.2, 0) is 23.8 Å². The second-order valence-corrected chi connectivity index (χ2v) is 5.80. The number of ether oxygens (including phenoxy) is 3. The molecule has 7 heteroatoms. The van der Waals surface area contributed by atoms with Crippen LogP contribution in [0.5, 0.6) is 0 Å². The van der Waals surface area contributed by atoms with Crippen LogP contribution in [0.15, 0.2) is 12.2 Å². The van der Waals surface area contributed by atoms with Crippen molar-refractivity contribution < 1.29 is 34.0 Å². The molecule has 0 heterocycles. The molecule has 0 aromatic carbocycles. The summed E-state index contributed by atoms with van der Waals surface area (Å²) in [5.74, 6) is -1.99. The van der Waals surface area contributed by atoms with E-state index in [1.54, 1.807) is 26.0 Å².